The van der Waals surface area contributed by atoms with Gasteiger partial charge in [0.05, 0.1) is 10.7 Å². The monoisotopic (exact) mass is 322 g/mol. The Bertz CT molecular complexity index is 658. The maximum absolute atomic E-state index is 12.5. The summed E-state index contributed by atoms with van der Waals surface area (Å²) in [5.74, 6) is -0.0965. The number of anilines is 1. The molecular formula is C16H16Cl2N2O. The Hall–Kier alpha value is -1.71. The quantitative estimate of drug-likeness (QED) is 0.856. The number of rotatable bonds is 4. The zero-order valence-electron chi connectivity index (χ0n) is 11.6. The predicted octanol–water partition coefficient (Wildman–Crippen LogP) is 4.24. The summed E-state index contributed by atoms with van der Waals surface area (Å²) in [5, 5.41) is 1.10. The van der Waals surface area contributed by atoms with Crippen LogP contribution in [0.4, 0.5) is 5.69 Å². The third kappa shape index (κ3) is 3.69. The summed E-state index contributed by atoms with van der Waals surface area (Å²) in [6.07, 6.45) is 0. The van der Waals surface area contributed by atoms with Crippen molar-refractivity contribution in [2.45, 2.75) is 13.5 Å². The van der Waals surface area contributed by atoms with Crippen molar-refractivity contribution in [3.8, 4) is 0 Å². The van der Waals surface area contributed by atoms with Crippen molar-refractivity contribution >= 4 is 34.8 Å². The second-order valence-electron chi connectivity index (χ2n) is 4.65. The van der Waals surface area contributed by atoms with Gasteiger partial charge in [0.25, 0.3) is 5.91 Å². The van der Waals surface area contributed by atoms with Crippen LogP contribution in [0.1, 0.15) is 22.8 Å². The highest BCUT2D eigenvalue weighted by Crippen LogP contribution is 2.22. The number of hydrogen-bond donors (Lipinski definition) is 1. The fourth-order valence-corrected chi connectivity index (χ4v) is 2.33. The number of benzene rings is 2. The third-order valence-corrected chi connectivity index (χ3v) is 3.94. The highest BCUT2D eigenvalue weighted by molar-refractivity contribution is 6.33. The van der Waals surface area contributed by atoms with E-state index < -0.39 is 0 Å². The molecule has 2 aromatic rings. The molecule has 5 heteroatoms. The minimum Gasteiger partial charge on any atom is -0.398 e. The Labute approximate surface area is 134 Å². The van der Waals surface area contributed by atoms with E-state index in [0.717, 1.165) is 5.56 Å². The number of nitrogen functional groups attached to an aromatic ring is 1. The van der Waals surface area contributed by atoms with Crippen LogP contribution in [0.3, 0.4) is 0 Å². The van der Waals surface area contributed by atoms with Gasteiger partial charge in [0.2, 0.25) is 0 Å². The Balaban J connectivity index is 2.22. The topological polar surface area (TPSA) is 46.3 Å². The molecule has 2 rings (SSSR count). The molecule has 0 radical (unpaired) electrons. The first-order valence-electron chi connectivity index (χ1n) is 6.60. The highest BCUT2D eigenvalue weighted by atomic mass is 35.5. The molecule has 110 valence electrons. The fraction of sp³-hybridized carbons (Fsp3) is 0.188. The lowest BCUT2D eigenvalue weighted by molar-refractivity contribution is 0.0752. The van der Waals surface area contributed by atoms with Gasteiger partial charge in [-0.2, -0.15) is 0 Å². The summed E-state index contributed by atoms with van der Waals surface area (Å²) < 4.78 is 0. The fourth-order valence-electron chi connectivity index (χ4n) is 2.02. The summed E-state index contributed by atoms with van der Waals surface area (Å²) in [7, 11) is 0. The summed E-state index contributed by atoms with van der Waals surface area (Å²) in [4.78, 5) is 14.3. The van der Waals surface area contributed by atoms with Gasteiger partial charge in [-0.3, -0.25) is 4.79 Å². The number of halogens is 2. The van der Waals surface area contributed by atoms with Crippen LogP contribution in [0.2, 0.25) is 10.0 Å². The van der Waals surface area contributed by atoms with E-state index in [1.54, 1.807) is 23.1 Å². The van der Waals surface area contributed by atoms with Crippen LogP contribution in [0.25, 0.3) is 0 Å². The molecule has 0 aliphatic heterocycles. The molecule has 0 aliphatic rings. The molecule has 0 aromatic heterocycles. The SMILES string of the molecule is CCN(Cc1ccccc1Cl)C(=O)c1ccc(Cl)c(N)c1. The van der Waals surface area contributed by atoms with E-state index in [0.29, 0.717) is 34.4 Å². The molecule has 3 nitrogen and oxygen atoms in total. The Kier molecular flexibility index (Phi) is 5.10. The first-order valence-corrected chi connectivity index (χ1v) is 7.36. The minimum atomic E-state index is -0.0965. The molecule has 0 fully saturated rings. The average molecular weight is 323 g/mol. The lowest BCUT2D eigenvalue weighted by Gasteiger charge is -2.22. The smallest absolute Gasteiger partial charge is 0.254 e. The average Bonchev–Trinajstić information content (AvgIpc) is 2.48. The van der Waals surface area contributed by atoms with Crippen LogP contribution >= 0.6 is 23.2 Å². The van der Waals surface area contributed by atoms with E-state index in [1.807, 2.05) is 31.2 Å². The first kappa shape index (κ1) is 15.7. The van der Waals surface area contributed by atoms with Crippen LogP contribution in [0.5, 0.6) is 0 Å². The summed E-state index contributed by atoms with van der Waals surface area (Å²) in [6.45, 7) is 2.96. The molecule has 0 unspecified atom stereocenters. The molecule has 0 bridgehead atoms. The molecule has 0 atom stereocenters. The normalized spacial score (nSPS) is 10.4. The van der Waals surface area contributed by atoms with Crippen LogP contribution in [0, 0.1) is 0 Å². The van der Waals surface area contributed by atoms with Crippen LogP contribution in [0.15, 0.2) is 42.5 Å². The molecule has 0 spiro atoms. The molecule has 2 aromatic carbocycles. The molecule has 0 saturated carbocycles. The Morgan fingerprint density at radius 2 is 1.86 bits per heavy atom. The predicted molar refractivity (Wildman–Crippen MR) is 87.7 cm³/mol. The molecule has 0 saturated heterocycles. The number of nitrogens with zero attached hydrogens (tertiary/aromatic N) is 1. The van der Waals surface area contributed by atoms with Gasteiger partial charge in [0, 0.05) is 23.7 Å². The number of amides is 1. The van der Waals surface area contributed by atoms with Gasteiger partial charge in [0.1, 0.15) is 0 Å². The van der Waals surface area contributed by atoms with Crippen LogP contribution in [-0.4, -0.2) is 17.4 Å². The van der Waals surface area contributed by atoms with E-state index in [4.69, 9.17) is 28.9 Å². The summed E-state index contributed by atoms with van der Waals surface area (Å²) in [5.41, 5.74) is 7.58. The highest BCUT2D eigenvalue weighted by Gasteiger charge is 2.16. The van der Waals surface area contributed by atoms with Crippen molar-refractivity contribution in [2.24, 2.45) is 0 Å². The number of hydrogen-bond acceptors (Lipinski definition) is 2. The van der Waals surface area contributed by atoms with Crippen molar-refractivity contribution in [1.82, 2.24) is 4.90 Å². The van der Waals surface area contributed by atoms with Gasteiger partial charge in [-0.25, -0.2) is 0 Å². The maximum atomic E-state index is 12.5. The lowest BCUT2D eigenvalue weighted by atomic mass is 10.1. The van der Waals surface area contributed by atoms with E-state index in [-0.39, 0.29) is 5.91 Å². The van der Waals surface area contributed by atoms with Crippen molar-refractivity contribution in [3.63, 3.8) is 0 Å². The zero-order chi connectivity index (χ0) is 15.4. The van der Waals surface area contributed by atoms with Crippen molar-refractivity contribution in [1.29, 1.82) is 0 Å². The molecule has 1 amide bonds. The van der Waals surface area contributed by atoms with Crippen LogP contribution < -0.4 is 5.73 Å². The molecule has 2 N–H and O–H groups in total. The van der Waals surface area contributed by atoms with E-state index in [2.05, 4.69) is 0 Å². The van der Waals surface area contributed by atoms with Crippen molar-refractivity contribution in [2.75, 3.05) is 12.3 Å². The largest absolute Gasteiger partial charge is 0.398 e. The van der Waals surface area contributed by atoms with Gasteiger partial charge in [0.15, 0.2) is 0 Å². The van der Waals surface area contributed by atoms with Gasteiger partial charge >= 0.3 is 0 Å². The van der Waals surface area contributed by atoms with E-state index in [9.17, 15) is 4.79 Å². The van der Waals surface area contributed by atoms with E-state index >= 15 is 0 Å². The van der Waals surface area contributed by atoms with Gasteiger partial charge in [-0.1, -0.05) is 41.4 Å². The number of carbonyl (C=O) groups excluding carboxylic acids is 1. The number of nitrogens with two attached hydrogens (primary N) is 1. The standard InChI is InChI=1S/C16H16Cl2N2O/c1-2-20(10-12-5-3-4-6-13(12)17)16(21)11-7-8-14(18)15(19)9-11/h3-9H,2,10,19H2,1H3. The number of carbonyl (C=O) groups is 1. The van der Waals surface area contributed by atoms with Crippen molar-refractivity contribution < 1.29 is 4.79 Å². The zero-order valence-corrected chi connectivity index (χ0v) is 13.2. The summed E-state index contributed by atoms with van der Waals surface area (Å²) >= 11 is 12.0. The Morgan fingerprint density at radius 1 is 1.14 bits per heavy atom. The lowest BCUT2D eigenvalue weighted by Crippen LogP contribution is -2.30. The van der Waals surface area contributed by atoms with E-state index in [1.165, 1.54) is 0 Å². The maximum Gasteiger partial charge on any atom is 0.254 e. The van der Waals surface area contributed by atoms with Gasteiger partial charge in [-0.15, -0.1) is 0 Å². The first-order chi connectivity index (χ1) is 10.0. The molecule has 0 heterocycles. The van der Waals surface area contributed by atoms with Crippen LogP contribution in [-0.2, 0) is 6.54 Å². The Morgan fingerprint density at radius 3 is 2.48 bits per heavy atom. The third-order valence-electron chi connectivity index (χ3n) is 3.23. The van der Waals surface area contributed by atoms with Gasteiger partial charge in [-0.05, 0) is 36.8 Å². The molecule has 21 heavy (non-hydrogen) atoms. The summed E-state index contributed by atoms with van der Waals surface area (Å²) in [6, 6.07) is 12.4. The second kappa shape index (κ2) is 6.83. The molecular weight excluding hydrogens is 307 g/mol. The second-order valence-corrected chi connectivity index (χ2v) is 5.46. The van der Waals surface area contributed by atoms with Gasteiger partial charge < -0.3 is 10.6 Å². The minimum absolute atomic E-state index is 0.0965. The molecule has 0 aliphatic carbocycles. The van der Waals surface area contributed by atoms with Crippen molar-refractivity contribution in [3.05, 3.63) is 63.6 Å².